The van der Waals surface area contributed by atoms with E-state index in [-0.39, 0.29) is 34.6 Å². The van der Waals surface area contributed by atoms with E-state index in [1.807, 2.05) is 0 Å². The molecule has 0 spiro atoms. The molecule has 0 aromatic heterocycles. The van der Waals surface area contributed by atoms with Crippen LogP contribution >= 0.6 is 11.8 Å². The topological polar surface area (TPSA) is 49.9 Å². The Labute approximate surface area is 153 Å². The van der Waals surface area contributed by atoms with Crippen LogP contribution in [0, 0.1) is 0 Å². The van der Waals surface area contributed by atoms with E-state index in [0.29, 0.717) is 38.3 Å². The van der Waals surface area contributed by atoms with Gasteiger partial charge in [0.1, 0.15) is 6.10 Å². The number of carbonyl (C=O) groups excluding carboxylic acids is 2. The third-order valence-electron chi connectivity index (χ3n) is 4.42. The maximum Gasteiger partial charge on any atom is 0.446 e. The molecule has 0 saturated carbocycles. The third-order valence-corrected chi connectivity index (χ3v) is 5.16. The molecule has 2 amide bonds. The van der Waals surface area contributed by atoms with Crippen LogP contribution in [-0.4, -0.2) is 66.0 Å². The number of piperazine rings is 1. The van der Waals surface area contributed by atoms with Crippen molar-refractivity contribution in [3.05, 3.63) is 29.8 Å². The highest BCUT2D eigenvalue weighted by Gasteiger charge is 2.32. The lowest BCUT2D eigenvalue weighted by molar-refractivity contribution is -0.142. The number of carbonyl (C=O) groups is 2. The fraction of sp³-hybridized carbons (Fsp3) is 0.529. The van der Waals surface area contributed by atoms with Gasteiger partial charge in [-0.2, -0.15) is 13.2 Å². The highest BCUT2D eigenvalue weighted by Crippen LogP contribution is 2.36. The Morgan fingerprint density at radius 3 is 2.19 bits per heavy atom. The molecule has 142 valence electrons. The molecule has 0 bridgehead atoms. The fourth-order valence-electron chi connectivity index (χ4n) is 3.09. The molecule has 1 atom stereocenters. The first-order valence-electron chi connectivity index (χ1n) is 8.39. The Morgan fingerprint density at radius 2 is 1.65 bits per heavy atom. The Kier molecular flexibility index (Phi) is 5.76. The predicted octanol–water partition coefficient (Wildman–Crippen LogP) is 2.76. The summed E-state index contributed by atoms with van der Waals surface area (Å²) >= 11 is -0.209. The summed E-state index contributed by atoms with van der Waals surface area (Å²) in [7, 11) is 0. The molecule has 9 heteroatoms. The maximum absolute atomic E-state index is 12.5. The van der Waals surface area contributed by atoms with Gasteiger partial charge in [-0.25, -0.2) is 0 Å². The molecule has 2 fully saturated rings. The average Bonchev–Trinajstić information content (AvgIpc) is 3.14. The van der Waals surface area contributed by atoms with E-state index >= 15 is 0 Å². The van der Waals surface area contributed by atoms with Crippen LogP contribution in [-0.2, 0) is 9.53 Å². The molecular formula is C17H19F3N2O3S. The number of nitrogens with zero attached hydrogens (tertiary/aromatic N) is 2. The van der Waals surface area contributed by atoms with E-state index in [4.69, 9.17) is 4.74 Å². The zero-order chi connectivity index (χ0) is 18.7. The van der Waals surface area contributed by atoms with E-state index in [1.54, 1.807) is 9.80 Å². The second-order valence-corrected chi connectivity index (χ2v) is 7.33. The average molecular weight is 388 g/mol. The molecule has 2 saturated heterocycles. The SMILES string of the molecule is O=C(c1ccc(SC(F)(F)F)cc1)N1CCN(C(=O)C2CCCO2)CC1. The summed E-state index contributed by atoms with van der Waals surface area (Å²) in [6.07, 6.45) is 1.26. The Bertz CT molecular complexity index is 652. The number of thioether (sulfide) groups is 1. The molecule has 26 heavy (non-hydrogen) atoms. The second kappa shape index (κ2) is 7.87. The fourth-order valence-corrected chi connectivity index (χ4v) is 3.63. The van der Waals surface area contributed by atoms with Crippen molar-refractivity contribution in [1.82, 2.24) is 9.80 Å². The predicted molar refractivity (Wildman–Crippen MR) is 89.8 cm³/mol. The summed E-state index contributed by atoms with van der Waals surface area (Å²) in [4.78, 5) is 28.2. The molecule has 2 heterocycles. The van der Waals surface area contributed by atoms with Gasteiger partial charge >= 0.3 is 5.51 Å². The number of benzene rings is 1. The molecule has 2 aliphatic heterocycles. The van der Waals surface area contributed by atoms with Crippen LogP contribution in [0.1, 0.15) is 23.2 Å². The summed E-state index contributed by atoms with van der Waals surface area (Å²) in [5.41, 5.74) is -4.01. The van der Waals surface area contributed by atoms with E-state index < -0.39 is 5.51 Å². The molecule has 1 aromatic rings. The minimum atomic E-state index is -4.35. The quantitative estimate of drug-likeness (QED) is 0.748. The summed E-state index contributed by atoms with van der Waals surface area (Å²) in [5, 5.41) is 0. The molecule has 5 nitrogen and oxygen atoms in total. The monoisotopic (exact) mass is 388 g/mol. The minimum absolute atomic E-state index is 0.0249. The van der Waals surface area contributed by atoms with Gasteiger partial charge < -0.3 is 14.5 Å². The number of amides is 2. The smallest absolute Gasteiger partial charge is 0.368 e. The Hall–Kier alpha value is -1.74. The number of ether oxygens (including phenoxy) is 1. The van der Waals surface area contributed by atoms with Crippen molar-refractivity contribution in [2.24, 2.45) is 0 Å². The van der Waals surface area contributed by atoms with E-state index in [0.717, 1.165) is 12.8 Å². The largest absolute Gasteiger partial charge is 0.446 e. The molecule has 0 aliphatic carbocycles. The normalized spacial score (nSPS) is 21.1. The van der Waals surface area contributed by atoms with Crippen LogP contribution in [0.25, 0.3) is 0 Å². The van der Waals surface area contributed by atoms with Crippen molar-refractivity contribution >= 4 is 23.6 Å². The van der Waals surface area contributed by atoms with Crippen molar-refractivity contribution in [2.75, 3.05) is 32.8 Å². The highest BCUT2D eigenvalue weighted by molar-refractivity contribution is 8.00. The third kappa shape index (κ3) is 4.70. The first-order chi connectivity index (χ1) is 12.3. The zero-order valence-electron chi connectivity index (χ0n) is 14.0. The van der Waals surface area contributed by atoms with Gasteiger partial charge in [-0.15, -0.1) is 0 Å². The molecule has 2 aliphatic rings. The number of halogens is 3. The van der Waals surface area contributed by atoms with Gasteiger partial charge in [-0.05, 0) is 48.9 Å². The Balaban J connectivity index is 1.54. The van der Waals surface area contributed by atoms with Gasteiger partial charge in [0.25, 0.3) is 11.8 Å². The van der Waals surface area contributed by atoms with Gasteiger partial charge in [-0.3, -0.25) is 9.59 Å². The maximum atomic E-state index is 12.5. The molecule has 1 aromatic carbocycles. The van der Waals surface area contributed by atoms with Crippen LogP contribution in [0.3, 0.4) is 0 Å². The highest BCUT2D eigenvalue weighted by atomic mass is 32.2. The lowest BCUT2D eigenvalue weighted by Gasteiger charge is -2.35. The molecule has 3 rings (SSSR count). The van der Waals surface area contributed by atoms with E-state index in [2.05, 4.69) is 0 Å². The van der Waals surface area contributed by atoms with Gasteiger partial charge in [0, 0.05) is 43.2 Å². The van der Waals surface area contributed by atoms with Gasteiger partial charge in [0.2, 0.25) is 0 Å². The van der Waals surface area contributed by atoms with Crippen LogP contribution in [0.5, 0.6) is 0 Å². The van der Waals surface area contributed by atoms with Crippen LogP contribution in [0.4, 0.5) is 13.2 Å². The van der Waals surface area contributed by atoms with E-state index in [1.165, 1.54) is 24.3 Å². The summed E-state index contributed by atoms with van der Waals surface area (Å²) < 4.78 is 42.5. The Morgan fingerprint density at radius 1 is 1.04 bits per heavy atom. The van der Waals surface area contributed by atoms with Crippen molar-refractivity contribution in [2.45, 2.75) is 29.3 Å². The van der Waals surface area contributed by atoms with E-state index in [9.17, 15) is 22.8 Å². The van der Waals surface area contributed by atoms with Crippen LogP contribution in [0.2, 0.25) is 0 Å². The first kappa shape index (κ1) is 19.0. The van der Waals surface area contributed by atoms with Crippen molar-refractivity contribution in [1.29, 1.82) is 0 Å². The lowest BCUT2D eigenvalue weighted by Crippen LogP contribution is -2.52. The lowest BCUT2D eigenvalue weighted by atomic mass is 10.1. The second-order valence-electron chi connectivity index (χ2n) is 6.19. The zero-order valence-corrected chi connectivity index (χ0v) is 14.8. The molecule has 1 unspecified atom stereocenters. The van der Waals surface area contributed by atoms with Crippen LogP contribution in [0.15, 0.2) is 29.2 Å². The first-order valence-corrected chi connectivity index (χ1v) is 9.20. The van der Waals surface area contributed by atoms with Gasteiger partial charge in [0.15, 0.2) is 0 Å². The standard InChI is InChI=1S/C17H19F3N2O3S/c18-17(19,20)26-13-5-3-12(4-6-13)15(23)21-7-9-22(10-8-21)16(24)14-2-1-11-25-14/h3-6,14H,1-2,7-11H2. The molecule has 0 N–H and O–H groups in total. The van der Waals surface area contributed by atoms with Crippen molar-refractivity contribution in [3.63, 3.8) is 0 Å². The summed E-state index contributed by atoms with van der Waals surface area (Å²) in [6.45, 7) is 2.28. The number of alkyl halides is 3. The van der Waals surface area contributed by atoms with Crippen molar-refractivity contribution < 1.29 is 27.5 Å². The van der Waals surface area contributed by atoms with Gasteiger partial charge in [-0.1, -0.05) is 0 Å². The number of hydrogen-bond acceptors (Lipinski definition) is 4. The number of rotatable bonds is 3. The van der Waals surface area contributed by atoms with Gasteiger partial charge in [0.05, 0.1) is 0 Å². The van der Waals surface area contributed by atoms with Crippen LogP contribution < -0.4 is 0 Å². The molecule has 0 radical (unpaired) electrons. The summed E-state index contributed by atoms with van der Waals surface area (Å²) in [5.74, 6) is -0.263. The molecular weight excluding hydrogens is 369 g/mol. The summed E-state index contributed by atoms with van der Waals surface area (Å²) in [6, 6.07) is 5.39. The van der Waals surface area contributed by atoms with Crippen molar-refractivity contribution in [3.8, 4) is 0 Å². The number of hydrogen-bond donors (Lipinski definition) is 0. The minimum Gasteiger partial charge on any atom is -0.368 e.